The standard InChI is InChI=1S/C26H21N7O6/c27-25-30-23-22(24(36)31-25)29-26(32(23)19-9-17(35)18(10-34)39-19)28-15-7-3-11-1-2-12-4-8-16(33(37)38)14-6-5-13(15)20(11)21(12)14/h1-8,17-19,34-35H,9-10H2,(H,28,29)(H3,27,30,31,36)/t17-,18+,19+/m0/s1. The van der Waals surface area contributed by atoms with E-state index in [1.807, 2.05) is 30.3 Å². The van der Waals surface area contributed by atoms with Gasteiger partial charge in [0, 0.05) is 28.9 Å². The zero-order chi connectivity index (χ0) is 27.0. The number of aliphatic hydroxyl groups excluding tert-OH is 2. The molecular weight excluding hydrogens is 506 g/mol. The Hall–Kier alpha value is -4.85. The summed E-state index contributed by atoms with van der Waals surface area (Å²) in [4.78, 5) is 35.2. The third-order valence-electron chi connectivity index (χ3n) is 7.33. The van der Waals surface area contributed by atoms with Crippen LogP contribution in [0.1, 0.15) is 12.6 Å². The fraction of sp³-hybridized carbons (Fsp3) is 0.192. The van der Waals surface area contributed by atoms with E-state index in [0.717, 1.165) is 26.9 Å². The summed E-state index contributed by atoms with van der Waals surface area (Å²) >= 11 is 0. The number of aromatic nitrogens is 4. The molecule has 0 radical (unpaired) electrons. The van der Waals surface area contributed by atoms with Crippen LogP contribution in [0.25, 0.3) is 43.5 Å². The van der Waals surface area contributed by atoms with Crippen LogP contribution in [0.4, 0.5) is 23.3 Å². The molecule has 1 aliphatic rings. The number of anilines is 3. The van der Waals surface area contributed by atoms with E-state index in [1.54, 1.807) is 16.7 Å². The fourth-order valence-electron chi connectivity index (χ4n) is 5.57. The molecule has 6 N–H and O–H groups in total. The van der Waals surface area contributed by atoms with Crippen molar-refractivity contribution in [1.82, 2.24) is 19.5 Å². The second-order valence-electron chi connectivity index (χ2n) is 9.55. The molecule has 0 bridgehead atoms. The number of nitrogens with one attached hydrogen (secondary N) is 2. The maximum atomic E-state index is 12.7. The van der Waals surface area contributed by atoms with Crippen molar-refractivity contribution < 1.29 is 19.9 Å². The first kappa shape index (κ1) is 23.3. The molecule has 1 fully saturated rings. The fourth-order valence-corrected chi connectivity index (χ4v) is 5.57. The number of ether oxygens (including phenoxy) is 1. The lowest BCUT2D eigenvalue weighted by atomic mass is 9.93. The molecule has 2 aromatic heterocycles. The highest BCUT2D eigenvalue weighted by Crippen LogP contribution is 2.42. The van der Waals surface area contributed by atoms with E-state index in [1.165, 1.54) is 6.07 Å². The van der Waals surface area contributed by atoms with Crippen LogP contribution in [-0.2, 0) is 4.74 Å². The van der Waals surface area contributed by atoms with Crippen molar-refractivity contribution in [2.45, 2.75) is 24.9 Å². The number of nitrogens with zero attached hydrogens (tertiary/aromatic N) is 4. The van der Waals surface area contributed by atoms with E-state index < -0.39 is 24.0 Å². The Balaban J connectivity index is 1.44. The predicted molar refractivity (Wildman–Crippen MR) is 144 cm³/mol. The molecule has 4 aromatic carbocycles. The van der Waals surface area contributed by atoms with Crippen molar-refractivity contribution in [3.05, 3.63) is 69.0 Å². The number of fused-ring (bicyclic) bond motifs is 1. The Morgan fingerprint density at radius 3 is 2.51 bits per heavy atom. The van der Waals surface area contributed by atoms with Gasteiger partial charge in [0.15, 0.2) is 11.2 Å². The smallest absolute Gasteiger partial charge is 0.280 e. The second kappa shape index (κ2) is 8.33. The molecule has 39 heavy (non-hydrogen) atoms. The van der Waals surface area contributed by atoms with E-state index in [-0.39, 0.29) is 46.7 Å². The van der Waals surface area contributed by atoms with Gasteiger partial charge in [0.2, 0.25) is 11.9 Å². The lowest BCUT2D eigenvalue weighted by Crippen LogP contribution is -2.24. The highest BCUT2D eigenvalue weighted by atomic mass is 16.6. The largest absolute Gasteiger partial charge is 0.394 e. The Labute approximate surface area is 217 Å². The van der Waals surface area contributed by atoms with Gasteiger partial charge in [-0.25, -0.2) is 4.98 Å². The van der Waals surface area contributed by atoms with E-state index >= 15 is 0 Å². The number of H-pyrrole nitrogens is 1. The summed E-state index contributed by atoms with van der Waals surface area (Å²) in [5.41, 5.74) is 6.10. The van der Waals surface area contributed by atoms with Gasteiger partial charge in [0.25, 0.3) is 11.2 Å². The molecule has 0 aliphatic carbocycles. The number of nitro benzene ring substituents is 1. The number of aromatic amines is 1. The monoisotopic (exact) mass is 527 g/mol. The van der Waals surface area contributed by atoms with Crippen molar-refractivity contribution in [3.8, 4) is 0 Å². The van der Waals surface area contributed by atoms with Crippen LogP contribution >= 0.6 is 0 Å². The number of hydrogen-bond donors (Lipinski definition) is 5. The highest BCUT2D eigenvalue weighted by Gasteiger charge is 2.37. The molecule has 1 aliphatic heterocycles. The number of aliphatic hydroxyl groups is 2. The van der Waals surface area contributed by atoms with Crippen molar-refractivity contribution in [1.29, 1.82) is 0 Å². The minimum Gasteiger partial charge on any atom is -0.394 e. The van der Waals surface area contributed by atoms with Crippen molar-refractivity contribution >= 4 is 66.8 Å². The van der Waals surface area contributed by atoms with Gasteiger partial charge in [-0.1, -0.05) is 24.3 Å². The number of nitrogen functional groups attached to an aromatic ring is 1. The highest BCUT2D eigenvalue weighted by molar-refractivity contribution is 6.26. The van der Waals surface area contributed by atoms with Gasteiger partial charge in [0.05, 0.1) is 23.0 Å². The molecule has 13 nitrogen and oxygen atoms in total. The molecule has 13 heteroatoms. The van der Waals surface area contributed by atoms with Gasteiger partial charge in [-0.05, 0) is 34.4 Å². The van der Waals surface area contributed by atoms with Crippen molar-refractivity contribution in [3.63, 3.8) is 0 Å². The molecular formula is C26H21N7O6. The number of nitrogens with two attached hydrogens (primary N) is 1. The van der Waals surface area contributed by atoms with Gasteiger partial charge < -0.3 is 26.0 Å². The summed E-state index contributed by atoms with van der Waals surface area (Å²) in [5, 5.41) is 39.7. The van der Waals surface area contributed by atoms with Crippen LogP contribution in [0, 0.1) is 10.1 Å². The van der Waals surface area contributed by atoms with Gasteiger partial charge in [-0.15, -0.1) is 0 Å². The van der Waals surface area contributed by atoms with E-state index in [9.17, 15) is 25.1 Å². The summed E-state index contributed by atoms with van der Waals surface area (Å²) in [6.07, 6.45) is -2.41. The minimum atomic E-state index is -0.935. The third-order valence-corrected chi connectivity index (χ3v) is 7.33. The Kier molecular flexibility index (Phi) is 4.97. The number of non-ortho nitro benzene ring substituents is 1. The Morgan fingerprint density at radius 2 is 1.79 bits per heavy atom. The van der Waals surface area contributed by atoms with Crippen LogP contribution < -0.4 is 16.6 Å². The maximum Gasteiger partial charge on any atom is 0.280 e. The van der Waals surface area contributed by atoms with Crippen LogP contribution in [0.3, 0.4) is 0 Å². The SMILES string of the molecule is Nc1nc2c(nc(Nc3ccc4ccc5ccc([N+](=O)[O-])c6ccc3c4c56)n2[C@H]2C[C@H](O)[C@@H](CO)O2)c(=O)[nH]1. The van der Waals surface area contributed by atoms with Gasteiger partial charge in [-0.2, -0.15) is 4.98 Å². The second-order valence-corrected chi connectivity index (χ2v) is 9.55. The lowest BCUT2D eigenvalue weighted by molar-refractivity contribution is -0.383. The normalized spacial score (nSPS) is 19.6. The van der Waals surface area contributed by atoms with E-state index in [2.05, 4.69) is 20.3 Å². The molecule has 0 amide bonds. The van der Waals surface area contributed by atoms with Gasteiger partial charge in [-0.3, -0.25) is 24.5 Å². The average Bonchev–Trinajstić information content (AvgIpc) is 3.47. The average molecular weight is 527 g/mol. The molecule has 7 rings (SSSR count). The lowest BCUT2D eigenvalue weighted by Gasteiger charge is -2.19. The zero-order valence-corrected chi connectivity index (χ0v) is 20.2. The summed E-state index contributed by atoms with van der Waals surface area (Å²) < 4.78 is 7.42. The number of rotatable bonds is 5. The first-order valence-electron chi connectivity index (χ1n) is 12.2. The Morgan fingerprint density at radius 1 is 1.10 bits per heavy atom. The summed E-state index contributed by atoms with van der Waals surface area (Å²) in [6.45, 7) is -0.385. The quantitative estimate of drug-likeness (QED) is 0.126. The number of hydrogen-bond acceptors (Lipinski definition) is 10. The van der Waals surface area contributed by atoms with Gasteiger partial charge in [0.1, 0.15) is 12.3 Å². The molecule has 0 unspecified atom stereocenters. The summed E-state index contributed by atoms with van der Waals surface area (Å²) in [5.74, 6) is 0.104. The Bertz CT molecular complexity index is 2000. The molecule has 1 saturated heterocycles. The van der Waals surface area contributed by atoms with Crippen LogP contribution in [-0.4, -0.2) is 53.5 Å². The molecule has 3 atom stereocenters. The van der Waals surface area contributed by atoms with E-state index in [0.29, 0.717) is 11.1 Å². The number of benzene rings is 4. The first-order valence-corrected chi connectivity index (χ1v) is 12.2. The van der Waals surface area contributed by atoms with Crippen molar-refractivity contribution in [2.75, 3.05) is 17.7 Å². The predicted octanol–water partition coefficient (Wildman–Crippen LogP) is 2.89. The van der Waals surface area contributed by atoms with Gasteiger partial charge >= 0.3 is 0 Å². The maximum absolute atomic E-state index is 12.7. The number of nitro groups is 1. The minimum absolute atomic E-state index is 0.0191. The van der Waals surface area contributed by atoms with E-state index in [4.69, 9.17) is 10.5 Å². The molecule has 3 heterocycles. The van der Waals surface area contributed by atoms with Crippen molar-refractivity contribution in [2.24, 2.45) is 0 Å². The zero-order valence-electron chi connectivity index (χ0n) is 20.2. The topological polar surface area (TPSA) is 194 Å². The molecule has 6 aromatic rings. The molecule has 196 valence electrons. The molecule has 0 spiro atoms. The summed E-state index contributed by atoms with van der Waals surface area (Å²) in [6, 6.07) is 14.4. The number of imidazole rings is 1. The van der Waals surface area contributed by atoms with Crippen LogP contribution in [0.15, 0.2) is 53.3 Å². The summed E-state index contributed by atoms with van der Waals surface area (Å²) in [7, 11) is 0. The molecule has 0 saturated carbocycles. The first-order chi connectivity index (χ1) is 18.8. The third kappa shape index (κ3) is 3.41. The van der Waals surface area contributed by atoms with Crippen LogP contribution in [0.5, 0.6) is 0 Å². The van der Waals surface area contributed by atoms with Crippen LogP contribution in [0.2, 0.25) is 0 Å².